The van der Waals surface area contributed by atoms with Crippen LogP contribution in [0.5, 0.6) is 0 Å². The molecule has 6 heteroatoms. The maximum absolute atomic E-state index is 10.2. The molecule has 0 aliphatic carbocycles. The Morgan fingerprint density at radius 1 is 1.75 bits per heavy atom. The molecule has 6 nitrogen and oxygen atoms in total. The number of hydrogen-bond donors (Lipinski definition) is 0. The molecule has 0 saturated heterocycles. The molecule has 0 aliphatic heterocycles. The third kappa shape index (κ3) is 2.01. The topological polar surface area (TPSA) is 73.8 Å². The maximum Gasteiger partial charge on any atom is 0.410 e. The zero-order valence-electron chi connectivity index (χ0n) is 6.97. The van der Waals surface area contributed by atoms with Crippen LogP contribution >= 0.6 is 0 Å². The molecule has 1 aromatic rings. The largest absolute Gasteiger partial charge is 0.410 e. The van der Waals surface area contributed by atoms with Crippen molar-refractivity contribution in [1.82, 2.24) is 15.0 Å². The van der Waals surface area contributed by atoms with Gasteiger partial charge >= 0.3 is 5.82 Å². The third-order valence-corrected chi connectivity index (χ3v) is 1.24. The summed E-state index contributed by atoms with van der Waals surface area (Å²) in [5, 5.41) is 17.6. The van der Waals surface area contributed by atoms with Gasteiger partial charge in [0.2, 0.25) is 0 Å². The molecule has 0 spiro atoms. The first kappa shape index (κ1) is 8.63. The van der Waals surface area contributed by atoms with E-state index in [9.17, 15) is 10.1 Å². The maximum atomic E-state index is 10.2. The van der Waals surface area contributed by atoms with Gasteiger partial charge in [-0.15, -0.1) is 5.10 Å². The fourth-order valence-electron chi connectivity index (χ4n) is 0.786. The van der Waals surface area contributed by atoms with Gasteiger partial charge in [0, 0.05) is 0 Å². The molecule has 0 saturated carbocycles. The van der Waals surface area contributed by atoms with Crippen molar-refractivity contribution >= 4 is 5.82 Å². The summed E-state index contributed by atoms with van der Waals surface area (Å²) in [5.41, 5.74) is 0. The zero-order valence-corrected chi connectivity index (χ0v) is 6.97. The molecule has 0 amide bonds. The van der Waals surface area contributed by atoms with E-state index in [-0.39, 0.29) is 5.82 Å². The molecule has 1 rings (SSSR count). The van der Waals surface area contributed by atoms with Gasteiger partial charge in [-0.3, -0.25) is 0 Å². The Labute approximate surface area is 69.3 Å². The zero-order chi connectivity index (χ0) is 9.14. The van der Waals surface area contributed by atoms with Crippen molar-refractivity contribution in [3.05, 3.63) is 16.3 Å². The predicted octanol–water partition coefficient (Wildman–Crippen LogP) is 0.842. The van der Waals surface area contributed by atoms with Crippen LogP contribution < -0.4 is 0 Å². The second-order valence-corrected chi connectivity index (χ2v) is 2.91. The van der Waals surface area contributed by atoms with E-state index < -0.39 is 4.92 Å². The van der Waals surface area contributed by atoms with Gasteiger partial charge in [0.1, 0.15) is 0 Å². The first-order valence-corrected chi connectivity index (χ1v) is 3.64. The molecule has 12 heavy (non-hydrogen) atoms. The van der Waals surface area contributed by atoms with Crippen LogP contribution in [-0.4, -0.2) is 19.9 Å². The van der Waals surface area contributed by atoms with Gasteiger partial charge in [-0.2, -0.15) is 0 Å². The third-order valence-electron chi connectivity index (χ3n) is 1.24. The SMILES string of the molecule is CC(C)Cn1ncc([N+](=O)[O-])n1. The molecule has 0 aromatic carbocycles. The Balaban J connectivity index is 2.71. The van der Waals surface area contributed by atoms with Gasteiger partial charge in [0.25, 0.3) is 0 Å². The van der Waals surface area contributed by atoms with E-state index >= 15 is 0 Å². The molecular formula is C6H10N4O2. The first-order valence-electron chi connectivity index (χ1n) is 3.64. The number of rotatable bonds is 3. The lowest BCUT2D eigenvalue weighted by molar-refractivity contribution is -0.389. The summed E-state index contributed by atoms with van der Waals surface area (Å²) >= 11 is 0. The van der Waals surface area contributed by atoms with Crippen LogP contribution in [0.15, 0.2) is 6.20 Å². The number of nitro groups is 1. The smallest absolute Gasteiger partial charge is 0.358 e. The van der Waals surface area contributed by atoms with Gasteiger partial charge in [-0.05, 0) is 10.8 Å². The van der Waals surface area contributed by atoms with E-state index in [1.54, 1.807) is 0 Å². The van der Waals surface area contributed by atoms with Crippen LogP contribution in [0.3, 0.4) is 0 Å². The highest BCUT2D eigenvalue weighted by molar-refractivity contribution is 5.07. The van der Waals surface area contributed by atoms with Crippen LogP contribution in [0.25, 0.3) is 0 Å². The summed E-state index contributed by atoms with van der Waals surface area (Å²) < 4.78 is 0. The van der Waals surface area contributed by atoms with E-state index in [4.69, 9.17) is 0 Å². The molecule has 0 aliphatic rings. The van der Waals surface area contributed by atoms with Gasteiger partial charge < -0.3 is 10.1 Å². The lowest BCUT2D eigenvalue weighted by Crippen LogP contribution is -2.07. The summed E-state index contributed by atoms with van der Waals surface area (Å²) in [6.45, 7) is 4.60. The minimum absolute atomic E-state index is 0.198. The number of nitrogens with zero attached hydrogens (tertiary/aromatic N) is 4. The molecular weight excluding hydrogens is 160 g/mol. The summed E-state index contributed by atoms with van der Waals surface area (Å²) in [7, 11) is 0. The summed E-state index contributed by atoms with van der Waals surface area (Å²) in [5.74, 6) is 0.188. The second kappa shape index (κ2) is 3.29. The van der Waals surface area contributed by atoms with Crippen LogP contribution in [-0.2, 0) is 6.54 Å². The minimum atomic E-state index is -0.552. The fraction of sp³-hybridized carbons (Fsp3) is 0.667. The van der Waals surface area contributed by atoms with Crippen molar-refractivity contribution in [2.75, 3.05) is 0 Å². The van der Waals surface area contributed by atoms with Crippen molar-refractivity contribution in [2.24, 2.45) is 5.92 Å². The highest BCUT2D eigenvalue weighted by Gasteiger charge is 2.12. The van der Waals surface area contributed by atoms with E-state index in [0.717, 1.165) is 6.20 Å². The van der Waals surface area contributed by atoms with Crippen LogP contribution in [0.4, 0.5) is 5.82 Å². The second-order valence-electron chi connectivity index (χ2n) is 2.91. The average Bonchev–Trinajstić information content (AvgIpc) is 2.34. The molecule has 0 atom stereocenters. The van der Waals surface area contributed by atoms with E-state index in [1.807, 2.05) is 13.8 Å². The summed E-state index contributed by atoms with van der Waals surface area (Å²) in [6.07, 6.45) is 1.16. The average molecular weight is 170 g/mol. The minimum Gasteiger partial charge on any atom is -0.358 e. The Hall–Kier alpha value is -1.46. The van der Waals surface area contributed by atoms with Crippen LogP contribution in [0.2, 0.25) is 0 Å². The van der Waals surface area contributed by atoms with Gasteiger partial charge in [0.15, 0.2) is 6.20 Å². The summed E-state index contributed by atoms with van der Waals surface area (Å²) in [6, 6.07) is 0. The van der Waals surface area contributed by atoms with E-state index in [1.165, 1.54) is 4.80 Å². The monoisotopic (exact) mass is 170 g/mol. The normalized spacial score (nSPS) is 10.6. The van der Waals surface area contributed by atoms with Crippen molar-refractivity contribution in [2.45, 2.75) is 20.4 Å². The van der Waals surface area contributed by atoms with Crippen molar-refractivity contribution in [3.8, 4) is 0 Å². The Kier molecular flexibility index (Phi) is 2.37. The standard InChI is InChI=1S/C6H10N4O2/c1-5(2)4-9-7-3-6(8-9)10(11)12/h3,5H,4H2,1-2H3. The number of hydrogen-bond acceptors (Lipinski definition) is 4. The molecule has 66 valence electrons. The molecule has 0 radical (unpaired) electrons. The quantitative estimate of drug-likeness (QED) is 0.497. The first-order chi connectivity index (χ1) is 5.59. The van der Waals surface area contributed by atoms with Crippen molar-refractivity contribution in [3.63, 3.8) is 0 Å². The predicted molar refractivity (Wildman–Crippen MR) is 41.5 cm³/mol. The van der Waals surface area contributed by atoms with E-state index in [0.29, 0.717) is 12.5 Å². The lowest BCUT2D eigenvalue weighted by Gasteiger charge is -1.96. The highest BCUT2D eigenvalue weighted by atomic mass is 16.6. The van der Waals surface area contributed by atoms with Gasteiger partial charge in [0.05, 0.1) is 11.6 Å². The Bertz CT molecular complexity index is 281. The van der Waals surface area contributed by atoms with E-state index in [2.05, 4.69) is 10.2 Å². The highest BCUT2D eigenvalue weighted by Crippen LogP contribution is 2.03. The van der Waals surface area contributed by atoms with Gasteiger partial charge in [-0.25, -0.2) is 0 Å². The molecule has 1 heterocycles. The molecule has 0 N–H and O–H groups in total. The van der Waals surface area contributed by atoms with Crippen LogP contribution in [0.1, 0.15) is 13.8 Å². The molecule has 0 unspecified atom stereocenters. The molecule has 0 bridgehead atoms. The van der Waals surface area contributed by atoms with Gasteiger partial charge in [-0.1, -0.05) is 18.6 Å². The van der Waals surface area contributed by atoms with Crippen molar-refractivity contribution < 1.29 is 4.92 Å². The van der Waals surface area contributed by atoms with Crippen LogP contribution in [0, 0.1) is 16.0 Å². The number of aromatic nitrogens is 3. The molecule has 1 aromatic heterocycles. The van der Waals surface area contributed by atoms with Crippen molar-refractivity contribution in [1.29, 1.82) is 0 Å². The Morgan fingerprint density at radius 2 is 2.42 bits per heavy atom. The fourth-order valence-corrected chi connectivity index (χ4v) is 0.786. The molecule has 0 fully saturated rings. The Morgan fingerprint density at radius 3 is 2.83 bits per heavy atom. The lowest BCUT2D eigenvalue weighted by atomic mass is 10.2. The summed E-state index contributed by atoms with van der Waals surface area (Å²) in [4.78, 5) is 11.0.